The van der Waals surface area contributed by atoms with Gasteiger partial charge in [0.05, 0.1) is 15.7 Å². The smallest absolute Gasteiger partial charge is 0.194 e. The van der Waals surface area contributed by atoms with E-state index in [0.29, 0.717) is 32.5 Å². The standard InChI is InChI=1S/C13H10Cl2N2O/c14-10-4-2-8(16)6-9(10)13(18)7-1-3-11(15)12(17)5-7/h1-6H,16-17H2. The molecule has 0 heterocycles. The van der Waals surface area contributed by atoms with Crippen molar-refractivity contribution in [1.29, 1.82) is 0 Å². The van der Waals surface area contributed by atoms with Gasteiger partial charge >= 0.3 is 0 Å². The molecule has 0 amide bonds. The SMILES string of the molecule is Nc1ccc(Cl)c(C(=O)c2ccc(Cl)c(N)c2)c1. The first-order valence-electron chi connectivity index (χ1n) is 5.14. The lowest BCUT2D eigenvalue weighted by atomic mass is 10.0. The third kappa shape index (κ3) is 2.42. The first kappa shape index (κ1) is 12.7. The molecule has 0 radical (unpaired) electrons. The fourth-order valence-electron chi connectivity index (χ4n) is 1.56. The molecule has 0 bridgehead atoms. The van der Waals surface area contributed by atoms with Crippen LogP contribution in [0.1, 0.15) is 15.9 Å². The Balaban J connectivity index is 2.47. The van der Waals surface area contributed by atoms with Gasteiger partial charge < -0.3 is 11.5 Å². The van der Waals surface area contributed by atoms with E-state index in [9.17, 15) is 4.79 Å². The molecule has 92 valence electrons. The summed E-state index contributed by atoms with van der Waals surface area (Å²) in [6, 6.07) is 9.45. The Hall–Kier alpha value is -1.71. The maximum atomic E-state index is 12.2. The van der Waals surface area contributed by atoms with Crippen molar-refractivity contribution >= 4 is 40.4 Å². The van der Waals surface area contributed by atoms with Gasteiger partial charge in [-0.3, -0.25) is 4.79 Å². The van der Waals surface area contributed by atoms with Crippen molar-refractivity contribution in [3.8, 4) is 0 Å². The van der Waals surface area contributed by atoms with E-state index in [-0.39, 0.29) is 5.78 Å². The van der Waals surface area contributed by atoms with E-state index in [1.807, 2.05) is 0 Å². The van der Waals surface area contributed by atoms with Crippen LogP contribution in [0.2, 0.25) is 10.0 Å². The molecule has 2 aromatic rings. The van der Waals surface area contributed by atoms with Crippen LogP contribution in [0.25, 0.3) is 0 Å². The molecule has 18 heavy (non-hydrogen) atoms. The number of nitrogens with two attached hydrogens (primary N) is 2. The fraction of sp³-hybridized carbons (Fsp3) is 0. The Morgan fingerprint density at radius 3 is 2.28 bits per heavy atom. The van der Waals surface area contributed by atoms with Crippen LogP contribution < -0.4 is 11.5 Å². The predicted molar refractivity (Wildman–Crippen MR) is 75.2 cm³/mol. The summed E-state index contributed by atoms with van der Waals surface area (Å²) in [7, 11) is 0. The van der Waals surface area contributed by atoms with Crippen LogP contribution in [0.5, 0.6) is 0 Å². The van der Waals surface area contributed by atoms with E-state index in [1.54, 1.807) is 24.3 Å². The minimum atomic E-state index is -0.240. The zero-order valence-corrected chi connectivity index (χ0v) is 10.8. The van der Waals surface area contributed by atoms with Crippen LogP contribution in [-0.2, 0) is 0 Å². The van der Waals surface area contributed by atoms with Crippen LogP contribution >= 0.6 is 23.2 Å². The number of carbonyl (C=O) groups is 1. The normalized spacial score (nSPS) is 10.3. The zero-order chi connectivity index (χ0) is 13.3. The van der Waals surface area contributed by atoms with E-state index in [1.165, 1.54) is 12.1 Å². The summed E-state index contributed by atoms with van der Waals surface area (Å²) in [6.07, 6.45) is 0. The number of nitrogen functional groups attached to an aromatic ring is 2. The molecule has 0 spiro atoms. The van der Waals surface area contributed by atoms with E-state index in [2.05, 4.69) is 0 Å². The van der Waals surface area contributed by atoms with E-state index < -0.39 is 0 Å². The summed E-state index contributed by atoms with van der Waals surface area (Å²) >= 11 is 11.8. The second kappa shape index (κ2) is 4.88. The van der Waals surface area contributed by atoms with Gasteiger partial charge in [-0.15, -0.1) is 0 Å². The van der Waals surface area contributed by atoms with Gasteiger partial charge in [-0.1, -0.05) is 23.2 Å². The van der Waals surface area contributed by atoms with Gasteiger partial charge in [0.15, 0.2) is 5.78 Å². The Bertz CT molecular complexity index is 626. The molecule has 0 atom stereocenters. The number of anilines is 2. The van der Waals surface area contributed by atoms with Crippen molar-refractivity contribution in [2.45, 2.75) is 0 Å². The van der Waals surface area contributed by atoms with Gasteiger partial charge in [-0.25, -0.2) is 0 Å². The van der Waals surface area contributed by atoms with Gasteiger partial charge in [0.25, 0.3) is 0 Å². The molecule has 0 unspecified atom stereocenters. The number of carbonyl (C=O) groups excluding carboxylic acids is 1. The highest BCUT2D eigenvalue weighted by Crippen LogP contribution is 2.25. The maximum absolute atomic E-state index is 12.2. The highest BCUT2D eigenvalue weighted by molar-refractivity contribution is 6.35. The summed E-state index contributed by atoms with van der Waals surface area (Å²) in [4.78, 5) is 12.2. The largest absolute Gasteiger partial charge is 0.399 e. The zero-order valence-electron chi connectivity index (χ0n) is 9.28. The number of rotatable bonds is 2. The molecule has 0 aliphatic carbocycles. The quantitative estimate of drug-likeness (QED) is 0.654. The van der Waals surface area contributed by atoms with Crippen LogP contribution in [0.15, 0.2) is 36.4 Å². The molecular formula is C13H10Cl2N2O. The second-order valence-corrected chi connectivity index (χ2v) is 4.62. The Morgan fingerprint density at radius 1 is 0.944 bits per heavy atom. The number of hydrogen-bond acceptors (Lipinski definition) is 3. The first-order valence-corrected chi connectivity index (χ1v) is 5.89. The van der Waals surface area contributed by atoms with Gasteiger partial charge in [-0.2, -0.15) is 0 Å². The van der Waals surface area contributed by atoms with Crippen molar-refractivity contribution in [2.24, 2.45) is 0 Å². The fourth-order valence-corrected chi connectivity index (χ4v) is 1.88. The van der Waals surface area contributed by atoms with Gasteiger partial charge in [0, 0.05) is 16.8 Å². The first-order chi connectivity index (χ1) is 8.49. The Morgan fingerprint density at radius 2 is 1.61 bits per heavy atom. The average Bonchev–Trinajstić information content (AvgIpc) is 2.35. The lowest BCUT2D eigenvalue weighted by molar-refractivity contribution is 0.103. The minimum Gasteiger partial charge on any atom is -0.399 e. The Labute approximate surface area is 114 Å². The molecular weight excluding hydrogens is 271 g/mol. The molecule has 3 nitrogen and oxygen atoms in total. The van der Waals surface area contributed by atoms with Crippen molar-refractivity contribution in [3.05, 3.63) is 57.6 Å². The molecule has 0 aliphatic heterocycles. The number of benzene rings is 2. The molecule has 0 saturated heterocycles. The van der Waals surface area contributed by atoms with Crippen molar-refractivity contribution in [1.82, 2.24) is 0 Å². The average molecular weight is 281 g/mol. The summed E-state index contributed by atoms with van der Waals surface area (Å²) < 4.78 is 0. The highest BCUT2D eigenvalue weighted by Gasteiger charge is 2.14. The van der Waals surface area contributed by atoms with Crippen LogP contribution in [0.3, 0.4) is 0 Å². The van der Waals surface area contributed by atoms with Crippen LogP contribution in [-0.4, -0.2) is 5.78 Å². The molecule has 4 N–H and O–H groups in total. The second-order valence-electron chi connectivity index (χ2n) is 3.80. The van der Waals surface area contributed by atoms with Gasteiger partial charge in [0.2, 0.25) is 0 Å². The summed E-state index contributed by atoms with van der Waals surface area (Å²) in [5, 5.41) is 0.757. The van der Waals surface area contributed by atoms with E-state index in [0.717, 1.165) is 0 Å². The highest BCUT2D eigenvalue weighted by atomic mass is 35.5. The molecule has 5 heteroatoms. The minimum absolute atomic E-state index is 0.240. The lowest BCUT2D eigenvalue weighted by Crippen LogP contribution is -2.04. The topological polar surface area (TPSA) is 69.1 Å². The molecule has 0 fully saturated rings. The molecule has 0 saturated carbocycles. The number of hydrogen-bond donors (Lipinski definition) is 2. The van der Waals surface area contributed by atoms with Crippen molar-refractivity contribution < 1.29 is 4.79 Å². The van der Waals surface area contributed by atoms with Crippen LogP contribution in [0, 0.1) is 0 Å². The predicted octanol–water partition coefficient (Wildman–Crippen LogP) is 3.39. The summed E-state index contributed by atoms with van der Waals surface area (Å²) in [6.45, 7) is 0. The number of ketones is 1. The van der Waals surface area contributed by atoms with Crippen molar-refractivity contribution in [3.63, 3.8) is 0 Å². The Kier molecular flexibility index (Phi) is 3.45. The molecule has 2 aromatic carbocycles. The number of halogens is 2. The van der Waals surface area contributed by atoms with E-state index in [4.69, 9.17) is 34.7 Å². The van der Waals surface area contributed by atoms with Gasteiger partial charge in [-0.05, 0) is 36.4 Å². The third-order valence-corrected chi connectivity index (χ3v) is 3.17. The molecule has 0 aliphatic rings. The summed E-state index contributed by atoms with van der Waals surface area (Å²) in [5.41, 5.74) is 12.9. The monoisotopic (exact) mass is 280 g/mol. The van der Waals surface area contributed by atoms with Crippen LogP contribution in [0.4, 0.5) is 11.4 Å². The summed E-state index contributed by atoms with van der Waals surface area (Å²) in [5.74, 6) is -0.240. The molecule has 2 rings (SSSR count). The molecule has 0 aromatic heterocycles. The van der Waals surface area contributed by atoms with E-state index >= 15 is 0 Å². The maximum Gasteiger partial charge on any atom is 0.194 e. The lowest BCUT2D eigenvalue weighted by Gasteiger charge is -2.06. The van der Waals surface area contributed by atoms with Crippen molar-refractivity contribution in [2.75, 3.05) is 11.5 Å². The third-order valence-electron chi connectivity index (χ3n) is 2.49. The van der Waals surface area contributed by atoms with Gasteiger partial charge in [0.1, 0.15) is 0 Å².